The molecule has 3 aromatic rings. The monoisotopic (exact) mass is 440 g/mol. The van der Waals surface area contributed by atoms with Crippen molar-refractivity contribution < 1.29 is 9.18 Å². The summed E-state index contributed by atoms with van der Waals surface area (Å²) in [7, 11) is 1.56. The van der Waals surface area contributed by atoms with Crippen LogP contribution < -0.4 is 10.6 Å². The van der Waals surface area contributed by atoms with Gasteiger partial charge in [0.05, 0.1) is 16.9 Å². The van der Waals surface area contributed by atoms with E-state index in [2.05, 4.69) is 20.6 Å². The number of hydrogen-bond donors (Lipinski definition) is 2. The highest BCUT2D eigenvalue weighted by Gasteiger charge is 2.15. The quantitative estimate of drug-likeness (QED) is 0.498. The van der Waals surface area contributed by atoms with E-state index in [9.17, 15) is 4.39 Å². The van der Waals surface area contributed by atoms with Crippen molar-refractivity contribution in [2.75, 3.05) is 12.4 Å². The van der Waals surface area contributed by atoms with E-state index in [1.54, 1.807) is 25.4 Å². The Morgan fingerprint density at radius 1 is 1.03 bits per heavy atom. The molecular formula is C24H26ClFN4O. The van der Waals surface area contributed by atoms with E-state index in [0.717, 1.165) is 29.5 Å². The van der Waals surface area contributed by atoms with Gasteiger partial charge in [0.1, 0.15) is 5.82 Å². The van der Waals surface area contributed by atoms with Crippen molar-refractivity contribution in [2.24, 2.45) is 0 Å². The Bertz CT molecular complexity index is 991. The smallest absolute Gasteiger partial charge is 0.223 e. The van der Waals surface area contributed by atoms with Gasteiger partial charge in [0.25, 0.3) is 0 Å². The summed E-state index contributed by atoms with van der Waals surface area (Å²) in [4.78, 5) is 18.1. The van der Waals surface area contributed by atoms with Crippen LogP contribution in [0.2, 0.25) is 5.02 Å². The van der Waals surface area contributed by atoms with Crippen molar-refractivity contribution in [3.8, 4) is 22.4 Å². The number of benzene rings is 2. The van der Waals surface area contributed by atoms with Gasteiger partial charge >= 0.3 is 0 Å². The largest absolute Gasteiger partial charge is 0.362 e. The molecule has 0 bridgehead atoms. The van der Waals surface area contributed by atoms with Gasteiger partial charge in [-0.25, -0.2) is 14.4 Å². The maximum atomic E-state index is 13.2. The fourth-order valence-corrected chi connectivity index (χ4v) is 3.76. The molecule has 0 unspecified atom stereocenters. The number of hydrogen-bond acceptors (Lipinski definition) is 4. The molecule has 162 valence electrons. The van der Waals surface area contributed by atoms with Crippen LogP contribution in [0.15, 0.2) is 54.7 Å². The molecule has 0 atom stereocenters. The number of nitrogens with one attached hydrogen (secondary N) is 2. The molecule has 31 heavy (non-hydrogen) atoms. The first kappa shape index (κ1) is 22.7. The predicted molar refractivity (Wildman–Crippen MR) is 123 cm³/mol. The number of rotatable bonds is 5. The van der Waals surface area contributed by atoms with Crippen LogP contribution in [0.4, 0.5) is 10.3 Å². The SMILES string of the molecule is CNC=O.Fc1ccc(-c2cccc(-c3nc(NC4CCCCC4)ncc3Cl)c2)cc1. The number of halogens is 2. The second-order valence-electron chi connectivity index (χ2n) is 7.36. The van der Waals surface area contributed by atoms with E-state index in [4.69, 9.17) is 16.4 Å². The van der Waals surface area contributed by atoms with Gasteiger partial charge in [0.2, 0.25) is 12.4 Å². The van der Waals surface area contributed by atoms with Gasteiger partial charge in [-0.1, -0.05) is 61.2 Å². The molecule has 0 spiro atoms. The lowest BCUT2D eigenvalue weighted by Crippen LogP contribution is -2.23. The molecule has 1 aromatic heterocycles. The van der Waals surface area contributed by atoms with Crippen LogP contribution in [-0.2, 0) is 4.79 Å². The highest BCUT2D eigenvalue weighted by molar-refractivity contribution is 6.32. The first-order valence-electron chi connectivity index (χ1n) is 10.4. The van der Waals surface area contributed by atoms with Crippen LogP contribution >= 0.6 is 11.6 Å². The number of amides is 1. The summed E-state index contributed by atoms with van der Waals surface area (Å²) in [5, 5.41) is 6.21. The minimum atomic E-state index is -0.243. The van der Waals surface area contributed by atoms with Gasteiger partial charge in [-0.15, -0.1) is 0 Å². The Morgan fingerprint density at radius 3 is 2.39 bits per heavy atom. The van der Waals surface area contributed by atoms with E-state index in [1.165, 1.54) is 31.4 Å². The predicted octanol–water partition coefficient (Wildman–Crippen LogP) is 5.71. The summed E-state index contributed by atoms with van der Waals surface area (Å²) in [5.41, 5.74) is 3.55. The van der Waals surface area contributed by atoms with Gasteiger partial charge < -0.3 is 10.6 Å². The third-order valence-corrected chi connectivity index (χ3v) is 5.39. The van der Waals surface area contributed by atoms with Gasteiger partial charge in [-0.2, -0.15) is 0 Å². The normalized spacial score (nSPS) is 13.6. The maximum absolute atomic E-state index is 13.2. The summed E-state index contributed by atoms with van der Waals surface area (Å²) in [6.07, 6.45) is 8.39. The van der Waals surface area contributed by atoms with Crippen molar-refractivity contribution in [3.05, 3.63) is 65.6 Å². The average Bonchev–Trinajstić information content (AvgIpc) is 2.82. The lowest BCUT2D eigenvalue weighted by molar-refractivity contribution is -0.109. The standard InChI is InChI=1S/C22H21ClFN3.C2H5NO/c23-20-14-25-22(26-19-7-2-1-3-8-19)27-21(20)17-6-4-5-16(13-17)15-9-11-18(24)12-10-15;1-3-2-4/h4-6,9-14,19H,1-3,7-8H2,(H,25,26,27);2H,1H3,(H,3,4). The number of carbonyl (C=O) groups excluding carboxylic acids is 1. The van der Waals surface area contributed by atoms with Crippen molar-refractivity contribution in [2.45, 2.75) is 38.1 Å². The molecule has 1 saturated carbocycles. The van der Waals surface area contributed by atoms with Gasteiger partial charge in [-0.05, 0) is 42.2 Å². The average molecular weight is 441 g/mol. The molecular weight excluding hydrogens is 415 g/mol. The Labute approximate surface area is 187 Å². The first-order valence-corrected chi connectivity index (χ1v) is 10.7. The van der Waals surface area contributed by atoms with E-state index >= 15 is 0 Å². The third kappa shape index (κ3) is 6.49. The first-order chi connectivity index (χ1) is 15.1. The Hall–Kier alpha value is -2.99. The topological polar surface area (TPSA) is 66.9 Å². The number of nitrogens with zero attached hydrogens (tertiary/aromatic N) is 2. The molecule has 0 radical (unpaired) electrons. The second-order valence-corrected chi connectivity index (χ2v) is 7.77. The van der Waals surface area contributed by atoms with Crippen LogP contribution in [-0.4, -0.2) is 29.5 Å². The molecule has 4 rings (SSSR count). The van der Waals surface area contributed by atoms with Crippen LogP contribution in [0, 0.1) is 5.82 Å². The van der Waals surface area contributed by atoms with Crippen molar-refractivity contribution in [1.82, 2.24) is 15.3 Å². The summed E-state index contributed by atoms with van der Waals surface area (Å²) >= 11 is 6.39. The zero-order valence-electron chi connectivity index (χ0n) is 17.4. The van der Waals surface area contributed by atoms with E-state index in [1.807, 2.05) is 24.3 Å². The van der Waals surface area contributed by atoms with Crippen molar-refractivity contribution in [3.63, 3.8) is 0 Å². The number of anilines is 1. The summed E-state index contributed by atoms with van der Waals surface area (Å²) in [6.45, 7) is 0. The van der Waals surface area contributed by atoms with Crippen LogP contribution in [0.25, 0.3) is 22.4 Å². The minimum absolute atomic E-state index is 0.243. The van der Waals surface area contributed by atoms with Gasteiger partial charge in [0, 0.05) is 18.7 Å². The lowest BCUT2D eigenvalue weighted by Gasteiger charge is -2.22. The second kappa shape index (κ2) is 11.4. The van der Waals surface area contributed by atoms with Crippen molar-refractivity contribution in [1.29, 1.82) is 0 Å². The molecule has 1 aliphatic carbocycles. The molecule has 2 aromatic carbocycles. The third-order valence-electron chi connectivity index (χ3n) is 5.11. The zero-order chi connectivity index (χ0) is 22.1. The van der Waals surface area contributed by atoms with E-state index in [0.29, 0.717) is 29.1 Å². The van der Waals surface area contributed by atoms with E-state index in [-0.39, 0.29) is 5.82 Å². The summed E-state index contributed by atoms with van der Waals surface area (Å²) in [6, 6.07) is 14.8. The highest BCUT2D eigenvalue weighted by Crippen LogP contribution is 2.30. The lowest BCUT2D eigenvalue weighted by atomic mass is 9.96. The zero-order valence-corrected chi connectivity index (χ0v) is 18.2. The van der Waals surface area contributed by atoms with Crippen LogP contribution in [0.5, 0.6) is 0 Å². The van der Waals surface area contributed by atoms with Crippen LogP contribution in [0.1, 0.15) is 32.1 Å². The minimum Gasteiger partial charge on any atom is -0.362 e. The number of carbonyl (C=O) groups is 1. The van der Waals surface area contributed by atoms with Crippen LogP contribution in [0.3, 0.4) is 0 Å². The van der Waals surface area contributed by atoms with Crippen molar-refractivity contribution >= 4 is 24.0 Å². The number of aromatic nitrogens is 2. The highest BCUT2D eigenvalue weighted by atomic mass is 35.5. The molecule has 7 heteroatoms. The molecule has 5 nitrogen and oxygen atoms in total. The molecule has 1 heterocycles. The molecule has 0 saturated heterocycles. The summed E-state index contributed by atoms with van der Waals surface area (Å²) in [5.74, 6) is 0.376. The molecule has 1 amide bonds. The Morgan fingerprint density at radius 2 is 1.71 bits per heavy atom. The van der Waals surface area contributed by atoms with E-state index < -0.39 is 0 Å². The molecule has 1 aliphatic rings. The Kier molecular flexibility index (Phi) is 8.35. The Balaban J connectivity index is 0.000000628. The van der Waals surface area contributed by atoms with Gasteiger partial charge in [-0.3, -0.25) is 4.79 Å². The fourth-order valence-electron chi connectivity index (χ4n) is 3.56. The summed E-state index contributed by atoms with van der Waals surface area (Å²) < 4.78 is 13.2. The maximum Gasteiger partial charge on any atom is 0.223 e. The molecule has 1 fully saturated rings. The fraction of sp³-hybridized carbons (Fsp3) is 0.292. The molecule has 2 N–H and O–H groups in total. The molecule has 0 aliphatic heterocycles. The van der Waals surface area contributed by atoms with Gasteiger partial charge in [0.15, 0.2) is 0 Å².